The van der Waals surface area contributed by atoms with E-state index in [2.05, 4.69) is 11.4 Å². The van der Waals surface area contributed by atoms with Crippen LogP contribution in [0.5, 0.6) is 0 Å². The molecule has 1 unspecified atom stereocenters. The highest BCUT2D eigenvalue weighted by atomic mass is 32.1. The highest BCUT2D eigenvalue weighted by Gasteiger charge is 2.22. The molecule has 1 aromatic heterocycles. The van der Waals surface area contributed by atoms with Crippen molar-refractivity contribution in [2.75, 3.05) is 0 Å². The van der Waals surface area contributed by atoms with Crippen LogP contribution in [0.15, 0.2) is 41.1 Å². The summed E-state index contributed by atoms with van der Waals surface area (Å²) in [6, 6.07) is 8.69. The van der Waals surface area contributed by atoms with Crippen molar-refractivity contribution in [1.82, 2.24) is 0 Å². The van der Waals surface area contributed by atoms with E-state index in [1.54, 1.807) is 36.5 Å². The Bertz CT molecular complexity index is 491. The zero-order valence-corrected chi connectivity index (χ0v) is 11.2. The van der Waals surface area contributed by atoms with Gasteiger partial charge in [-0.25, -0.2) is 4.39 Å². The second-order valence-electron chi connectivity index (χ2n) is 4.90. The van der Waals surface area contributed by atoms with Gasteiger partial charge in [0.1, 0.15) is 5.82 Å². The molecule has 0 bridgehead atoms. The Morgan fingerprint density at radius 2 is 2.06 bits per heavy atom. The van der Waals surface area contributed by atoms with E-state index >= 15 is 0 Å². The maximum absolute atomic E-state index is 13.5. The Morgan fingerprint density at radius 1 is 1.28 bits per heavy atom. The molecule has 96 valence electrons. The molecule has 1 aromatic carbocycles. The molecule has 0 fully saturated rings. The first-order valence-electron chi connectivity index (χ1n) is 6.04. The normalized spacial score (nSPS) is 14.4. The number of hydrogen-bond donors (Lipinski definition) is 1. The highest BCUT2D eigenvalue weighted by Crippen LogP contribution is 2.21. The first-order chi connectivity index (χ1) is 8.57. The van der Waals surface area contributed by atoms with Crippen molar-refractivity contribution in [3.8, 4) is 0 Å². The SMILES string of the molecule is CC(O)(CCc1ccsc1)Cc1ccccc1F. The van der Waals surface area contributed by atoms with Gasteiger partial charge in [-0.2, -0.15) is 11.3 Å². The van der Waals surface area contributed by atoms with Crippen molar-refractivity contribution in [1.29, 1.82) is 0 Å². The van der Waals surface area contributed by atoms with Gasteiger partial charge in [0.05, 0.1) is 5.60 Å². The van der Waals surface area contributed by atoms with Crippen LogP contribution in [0.1, 0.15) is 24.5 Å². The topological polar surface area (TPSA) is 20.2 Å². The molecule has 18 heavy (non-hydrogen) atoms. The molecule has 2 aromatic rings. The van der Waals surface area contributed by atoms with Crippen molar-refractivity contribution >= 4 is 11.3 Å². The van der Waals surface area contributed by atoms with Gasteiger partial charge in [0.15, 0.2) is 0 Å². The van der Waals surface area contributed by atoms with Gasteiger partial charge < -0.3 is 5.11 Å². The third-order valence-electron chi connectivity index (χ3n) is 3.06. The fourth-order valence-corrected chi connectivity index (χ4v) is 2.69. The van der Waals surface area contributed by atoms with Crippen LogP contribution >= 0.6 is 11.3 Å². The summed E-state index contributed by atoms with van der Waals surface area (Å²) in [5.74, 6) is -0.242. The summed E-state index contributed by atoms with van der Waals surface area (Å²) in [6.07, 6.45) is 1.81. The average Bonchev–Trinajstić information content (AvgIpc) is 2.83. The lowest BCUT2D eigenvalue weighted by atomic mass is 9.90. The smallest absolute Gasteiger partial charge is 0.126 e. The molecule has 3 heteroatoms. The molecule has 0 aliphatic rings. The molecular formula is C15H17FOS. The van der Waals surface area contributed by atoms with Crippen LogP contribution in [0.25, 0.3) is 0 Å². The fraction of sp³-hybridized carbons (Fsp3) is 0.333. The Morgan fingerprint density at radius 3 is 2.72 bits per heavy atom. The minimum absolute atomic E-state index is 0.242. The molecule has 1 atom stereocenters. The fourth-order valence-electron chi connectivity index (χ4n) is 1.99. The Balaban J connectivity index is 1.97. The van der Waals surface area contributed by atoms with Crippen molar-refractivity contribution in [3.05, 3.63) is 58.0 Å². The average molecular weight is 264 g/mol. The number of benzene rings is 1. The van der Waals surface area contributed by atoms with E-state index in [1.165, 1.54) is 11.6 Å². The van der Waals surface area contributed by atoms with Crippen LogP contribution in [0.3, 0.4) is 0 Å². The van der Waals surface area contributed by atoms with E-state index in [4.69, 9.17) is 0 Å². The van der Waals surface area contributed by atoms with Gasteiger partial charge >= 0.3 is 0 Å². The largest absolute Gasteiger partial charge is 0.390 e. The molecular weight excluding hydrogens is 247 g/mol. The molecule has 0 amide bonds. The van der Waals surface area contributed by atoms with E-state index in [1.807, 2.05) is 5.38 Å². The molecule has 0 spiro atoms. The van der Waals surface area contributed by atoms with Crippen LogP contribution in [-0.2, 0) is 12.8 Å². The lowest BCUT2D eigenvalue weighted by molar-refractivity contribution is 0.0507. The van der Waals surface area contributed by atoms with Gasteiger partial charge in [-0.15, -0.1) is 0 Å². The van der Waals surface area contributed by atoms with Gasteiger partial charge in [0.2, 0.25) is 0 Å². The Labute approximate surface area is 111 Å². The van der Waals surface area contributed by atoms with E-state index in [9.17, 15) is 9.50 Å². The molecule has 0 aliphatic heterocycles. The summed E-state index contributed by atoms with van der Waals surface area (Å²) in [5.41, 5.74) is 0.936. The zero-order valence-electron chi connectivity index (χ0n) is 10.4. The summed E-state index contributed by atoms with van der Waals surface area (Å²) in [5, 5.41) is 14.4. The maximum Gasteiger partial charge on any atom is 0.126 e. The number of aliphatic hydroxyl groups is 1. The number of hydrogen-bond acceptors (Lipinski definition) is 2. The summed E-state index contributed by atoms with van der Waals surface area (Å²) in [6.45, 7) is 1.77. The van der Waals surface area contributed by atoms with Crippen molar-refractivity contribution in [2.24, 2.45) is 0 Å². The molecule has 0 saturated heterocycles. The lowest BCUT2D eigenvalue weighted by Crippen LogP contribution is -2.28. The third kappa shape index (κ3) is 3.65. The Hall–Kier alpha value is -1.19. The van der Waals surface area contributed by atoms with Gasteiger partial charge in [0, 0.05) is 6.42 Å². The summed E-state index contributed by atoms with van der Waals surface area (Å²) >= 11 is 1.65. The number of thiophene rings is 1. The Kier molecular flexibility index (Phi) is 4.15. The first kappa shape index (κ1) is 13.2. The molecule has 0 radical (unpaired) electrons. The number of halogens is 1. The van der Waals surface area contributed by atoms with Crippen molar-refractivity contribution < 1.29 is 9.50 Å². The summed E-state index contributed by atoms with van der Waals surface area (Å²) in [7, 11) is 0. The molecule has 1 heterocycles. The van der Waals surface area contributed by atoms with Crippen LogP contribution in [0.4, 0.5) is 4.39 Å². The van der Waals surface area contributed by atoms with Gasteiger partial charge in [-0.1, -0.05) is 18.2 Å². The van der Waals surface area contributed by atoms with E-state index in [0.29, 0.717) is 18.4 Å². The van der Waals surface area contributed by atoms with Crippen LogP contribution in [-0.4, -0.2) is 10.7 Å². The quantitative estimate of drug-likeness (QED) is 0.870. The lowest BCUT2D eigenvalue weighted by Gasteiger charge is -2.23. The second-order valence-corrected chi connectivity index (χ2v) is 5.68. The zero-order chi connectivity index (χ0) is 13.0. The highest BCUT2D eigenvalue weighted by molar-refractivity contribution is 7.07. The molecule has 1 N–H and O–H groups in total. The molecule has 0 saturated carbocycles. The predicted octanol–water partition coefficient (Wildman–Crippen LogP) is 3.81. The summed E-state index contributed by atoms with van der Waals surface area (Å²) in [4.78, 5) is 0. The van der Waals surface area contributed by atoms with Gasteiger partial charge in [-0.05, 0) is 53.8 Å². The minimum Gasteiger partial charge on any atom is -0.390 e. The van der Waals surface area contributed by atoms with Gasteiger partial charge in [-0.3, -0.25) is 0 Å². The molecule has 0 aliphatic carbocycles. The van der Waals surface area contributed by atoms with E-state index < -0.39 is 5.60 Å². The number of aryl methyl sites for hydroxylation is 1. The monoisotopic (exact) mass is 264 g/mol. The van der Waals surface area contributed by atoms with Gasteiger partial charge in [0.25, 0.3) is 0 Å². The summed E-state index contributed by atoms with van der Waals surface area (Å²) < 4.78 is 13.5. The van der Waals surface area contributed by atoms with Crippen LogP contribution < -0.4 is 0 Å². The predicted molar refractivity (Wildman–Crippen MR) is 73.4 cm³/mol. The third-order valence-corrected chi connectivity index (χ3v) is 3.79. The maximum atomic E-state index is 13.5. The first-order valence-corrected chi connectivity index (χ1v) is 6.98. The van der Waals surface area contributed by atoms with Crippen molar-refractivity contribution in [2.45, 2.75) is 31.8 Å². The second kappa shape index (κ2) is 5.63. The number of rotatable bonds is 5. The standard InChI is InChI=1S/C15H17FOS/c1-15(17,8-6-12-7-9-18-11-12)10-13-4-2-3-5-14(13)16/h2-5,7,9,11,17H,6,8,10H2,1H3. The molecule has 1 nitrogen and oxygen atoms in total. The van der Waals surface area contributed by atoms with Crippen LogP contribution in [0.2, 0.25) is 0 Å². The van der Waals surface area contributed by atoms with E-state index in [0.717, 1.165) is 6.42 Å². The van der Waals surface area contributed by atoms with E-state index in [-0.39, 0.29) is 5.82 Å². The van der Waals surface area contributed by atoms with Crippen LogP contribution in [0, 0.1) is 5.82 Å². The minimum atomic E-state index is -0.871. The molecule has 2 rings (SSSR count). The van der Waals surface area contributed by atoms with Crippen molar-refractivity contribution in [3.63, 3.8) is 0 Å².